The first kappa shape index (κ1) is 25.4. The largest absolute Gasteiger partial charge is 0.377 e. The summed E-state index contributed by atoms with van der Waals surface area (Å²) in [5.41, 5.74) is 4.67. The zero-order valence-corrected chi connectivity index (χ0v) is 22.5. The molecule has 0 bridgehead atoms. The lowest BCUT2D eigenvalue weighted by molar-refractivity contribution is 0.104. The van der Waals surface area contributed by atoms with Gasteiger partial charge in [-0.2, -0.15) is 0 Å². The molecule has 190 valence electrons. The van der Waals surface area contributed by atoms with Crippen molar-refractivity contribution in [3.05, 3.63) is 81.6 Å². The fraction of sp³-hybridized carbons (Fsp3) is 0.433. The number of benzene rings is 2. The summed E-state index contributed by atoms with van der Waals surface area (Å²) in [6.45, 7) is 7.80. The quantitative estimate of drug-likeness (QED) is 0.258. The van der Waals surface area contributed by atoms with Crippen molar-refractivity contribution in [2.24, 2.45) is 5.92 Å². The van der Waals surface area contributed by atoms with Crippen molar-refractivity contribution in [1.82, 2.24) is 14.8 Å². The van der Waals surface area contributed by atoms with Gasteiger partial charge in [0.1, 0.15) is 0 Å². The van der Waals surface area contributed by atoms with E-state index in [0.717, 1.165) is 19.0 Å². The minimum Gasteiger partial charge on any atom is -0.377 e. The first-order valence-electron chi connectivity index (χ1n) is 13.2. The molecule has 3 aromatic rings. The Morgan fingerprint density at radius 3 is 2.53 bits per heavy atom. The number of likely N-dealkylation sites (tertiary alicyclic amines) is 2. The Morgan fingerprint density at radius 1 is 1.00 bits per heavy atom. The standard InChI is InChI=1S/C30H35Cl2N3O/c1-21-2-5-29-25(18-21)26(20-33-29)23-9-15-35(16-10-23)14-8-22-6-12-34(13-7-22)17-11-30(36)24-3-4-27(31)28(32)19-24/h2-5,11,17-20,22-23,33H,6-10,12-16H2,1H3/b17-11+. The Bertz CT molecular complexity index is 1230. The number of hydrogen-bond acceptors (Lipinski definition) is 3. The number of allylic oxidation sites excluding steroid dienone is 1. The van der Waals surface area contributed by atoms with Crippen LogP contribution < -0.4 is 0 Å². The molecule has 36 heavy (non-hydrogen) atoms. The SMILES string of the molecule is Cc1ccc2[nH]cc(C3CCN(CCC4CCN(/C=C/C(=O)c5ccc(Cl)c(Cl)c5)CC4)CC3)c2c1. The van der Waals surface area contributed by atoms with Crippen LogP contribution in [0.2, 0.25) is 10.0 Å². The van der Waals surface area contributed by atoms with Gasteiger partial charge in [-0.1, -0.05) is 34.8 Å². The number of aromatic amines is 1. The Morgan fingerprint density at radius 2 is 1.78 bits per heavy atom. The molecule has 3 heterocycles. The van der Waals surface area contributed by atoms with Crippen LogP contribution >= 0.6 is 23.2 Å². The third-order valence-corrected chi connectivity index (χ3v) is 8.78. The predicted molar refractivity (Wildman–Crippen MR) is 150 cm³/mol. The van der Waals surface area contributed by atoms with E-state index in [0.29, 0.717) is 21.5 Å². The maximum absolute atomic E-state index is 12.4. The van der Waals surface area contributed by atoms with Gasteiger partial charge in [0.15, 0.2) is 5.78 Å². The third kappa shape index (κ3) is 5.99. The normalized spacial score (nSPS) is 18.5. The number of hydrogen-bond donors (Lipinski definition) is 1. The second-order valence-corrected chi connectivity index (χ2v) is 11.3. The highest BCUT2D eigenvalue weighted by molar-refractivity contribution is 6.42. The van der Waals surface area contributed by atoms with Crippen molar-refractivity contribution < 1.29 is 4.79 Å². The lowest BCUT2D eigenvalue weighted by Crippen LogP contribution is -2.36. The van der Waals surface area contributed by atoms with Crippen LogP contribution in [0.1, 0.15) is 59.5 Å². The first-order chi connectivity index (χ1) is 17.5. The highest BCUT2D eigenvalue weighted by Crippen LogP contribution is 2.34. The van der Waals surface area contributed by atoms with Crippen molar-refractivity contribution in [3.8, 4) is 0 Å². The van der Waals surface area contributed by atoms with E-state index < -0.39 is 0 Å². The number of nitrogens with zero attached hydrogens (tertiary/aromatic N) is 2. The number of H-pyrrole nitrogens is 1. The van der Waals surface area contributed by atoms with E-state index in [1.165, 1.54) is 73.8 Å². The molecule has 1 N–H and O–H groups in total. The van der Waals surface area contributed by atoms with Crippen LogP contribution in [-0.4, -0.2) is 53.3 Å². The number of carbonyl (C=O) groups is 1. The molecule has 2 aliphatic rings. The Kier molecular flexibility index (Phi) is 8.05. The van der Waals surface area contributed by atoms with E-state index in [2.05, 4.69) is 46.1 Å². The lowest BCUT2D eigenvalue weighted by Gasteiger charge is -2.35. The fourth-order valence-electron chi connectivity index (χ4n) is 5.74. The fourth-order valence-corrected chi connectivity index (χ4v) is 6.03. The summed E-state index contributed by atoms with van der Waals surface area (Å²) in [4.78, 5) is 20.8. The van der Waals surface area contributed by atoms with Gasteiger partial charge in [-0.3, -0.25) is 4.79 Å². The molecule has 2 aliphatic heterocycles. The molecule has 2 fully saturated rings. The molecule has 2 aromatic carbocycles. The average molecular weight is 525 g/mol. The van der Waals surface area contributed by atoms with Crippen molar-refractivity contribution in [1.29, 1.82) is 0 Å². The van der Waals surface area contributed by atoms with Gasteiger partial charge in [0.25, 0.3) is 0 Å². The van der Waals surface area contributed by atoms with Crippen LogP contribution in [0.3, 0.4) is 0 Å². The van der Waals surface area contributed by atoms with E-state index in [1.807, 2.05) is 6.20 Å². The van der Waals surface area contributed by atoms with Crippen LogP contribution in [0, 0.1) is 12.8 Å². The number of fused-ring (bicyclic) bond motifs is 1. The average Bonchev–Trinajstić information content (AvgIpc) is 3.31. The van der Waals surface area contributed by atoms with Crippen LogP contribution in [-0.2, 0) is 0 Å². The summed E-state index contributed by atoms with van der Waals surface area (Å²) >= 11 is 12.0. The predicted octanol–water partition coefficient (Wildman–Crippen LogP) is 7.46. The van der Waals surface area contributed by atoms with Gasteiger partial charge in [-0.05, 0) is 106 Å². The maximum Gasteiger partial charge on any atom is 0.187 e. The van der Waals surface area contributed by atoms with E-state index in [1.54, 1.807) is 24.3 Å². The zero-order valence-electron chi connectivity index (χ0n) is 21.0. The van der Waals surface area contributed by atoms with Crippen molar-refractivity contribution in [3.63, 3.8) is 0 Å². The van der Waals surface area contributed by atoms with Gasteiger partial charge in [0.05, 0.1) is 10.0 Å². The summed E-state index contributed by atoms with van der Waals surface area (Å²) in [7, 11) is 0. The third-order valence-electron chi connectivity index (χ3n) is 8.04. The number of nitrogens with one attached hydrogen (secondary N) is 1. The van der Waals surface area contributed by atoms with E-state index in [9.17, 15) is 4.79 Å². The Balaban J connectivity index is 1.03. The van der Waals surface area contributed by atoms with Gasteiger partial charge in [0.2, 0.25) is 0 Å². The van der Waals surface area contributed by atoms with Gasteiger partial charge in [-0.25, -0.2) is 0 Å². The van der Waals surface area contributed by atoms with Gasteiger partial charge in [0, 0.05) is 48.0 Å². The monoisotopic (exact) mass is 523 g/mol. The van der Waals surface area contributed by atoms with E-state index >= 15 is 0 Å². The molecule has 0 radical (unpaired) electrons. The number of rotatable bonds is 7. The summed E-state index contributed by atoms with van der Waals surface area (Å²) in [5.74, 6) is 1.40. The van der Waals surface area contributed by atoms with E-state index in [4.69, 9.17) is 23.2 Å². The van der Waals surface area contributed by atoms with Crippen LogP contribution in [0.5, 0.6) is 0 Å². The van der Waals surface area contributed by atoms with Crippen LogP contribution in [0.15, 0.2) is 54.9 Å². The number of halogens is 2. The molecule has 6 heteroatoms. The molecule has 2 saturated heterocycles. The summed E-state index contributed by atoms with van der Waals surface area (Å²) in [5, 5.41) is 2.29. The van der Waals surface area contributed by atoms with Crippen molar-refractivity contribution >= 4 is 39.9 Å². The zero-order chi connectivity index (χ0) is 25.1. The number of ketones is 1. The highest BCUT2D eigenvalue weighted by atomic mass is 35.5. The number of aromatic nitrogens is 1. The topological polar surface area (TPSA) is 39.3 Å². The Hall–Kier alpha value is -2.27. The Labute approximate surface area is 224 Å². The number of aryl methyl sites for hydroxylation is 1. The van der Waals surface area contributed by atoms with Crippen molar-refractivity contribution in [2.75, 3.05) is 32.7 Å². The maximum atomic E-state index is 12.4. The van der Waals surface area contributed by atoms with E-state index in [-0.39, 0.29) is 5.78 Å². The number of piperidine rings is 2. The second kappa shape index (κ2) is 11.4. The number of carbonyl (C=O) groups excluding carboxylic acids is 1. The second-order valence-electron chi connectivity index (χ2n) is 10.5. The van der Waals surface area contributed by atoms with Gasteiger partial charge < -0.3 is 14.8 Å². The van der Waals surface area contributed by atoms with Crippen molar-refractivity contribution in [2.45, 2.75) is 44.9 Å². The van der Waals surface area contributed by atoms with Gasteiger partial charge >= 0.3 is 0 Å². The minimum atomic E-state index is -0.0399. The highest BCUT2D eigenvalue weighted by Gasteiger charge is 2.24. The summed E-state index contributed by atoms with van der Waals surface area (Å²) < 4.78 is 0. The smallest absolute Gasteiger partial charge is 0.187 e. The molecule has 0 aliphatic carbocycles. The van der Waals surface area contributed by atoms with Crippen LogP contribution in [0.25, 0.3) is 10.9 Å². The first-order valence-corrected chi connectivity index (χ1v) is 13.9. The molecular formula is C30H35Cl2N3O. The molecule has 5 rings (SSSR count). The molecule has 0 saturated carbocycles. The summed E-state index contributed by atoms with van der Waals surface area (Å²) in [6, 6.07) is 11.7. The molecule has 0 atom stereocenters. The summed E-state index contributed by atoms with van der Waals surface area (Å²) in [6.07, 6.45) is 12.0. The lowest BCUT2D eigenvalue weighted by atomic mass is 9.88. The molecule has 0 amide bonds. The van der Waals surface area contributed by atoms with Crippen LogP contribution in [0.4, 0.5) is 0 Å². The van der Waals surface area contributed by atoms with Gasteiger partial charge in [-0.15, -0.1) is 0 Å². The molecular weight excluding hydrogens is 489 g/mol. The molecule has 4 nitrogen and oxygen atoms in total. The molecule has 0 spiro atoms. The minimum absolute atomic E-state index is 0.0399. The molecule has 1 aromatic heterocycles. The molecule has 0 unspecified atom stereocenters.